The van der Waals surface area contributed by atoms with E-state index in [2.05, 4.69) is 5.32 Å². The minimum absolute atomic E-state index is 0.0834. The standard InChI is InChI=1S/C19H19NO5/c1-2-15(12-6-7-16-17(11-12)25-9-8-24-16)20-18(21)13-4-3-5-14(10-13)19(22)23/h3-7,10-11,15H,2,8-9H2,1H3,(H,20,21)(H,22,23). The van der Waals surface area contributed by atoms with Gasteiger partial charge in [0, 0.05) is 5.56 Å². The molecule has 25 heavy (non-hydrogen) atoms. The van der Waals surface area contributed by atoms with Crippen LogP contribution in [0.2, 0.25) is 0 Å². The van der Waals surface area contributed by atoms with Crippen molar-refractivity contribution in [2.75, 3.05) is 13.2 Å². The maximum absolute atomic E-state index is 12.5. The van der Waals surface area contributed by atoms with Crippen LogP contribution in [0.25, 0.3) is 0 Å². The van der Waals surface area contributed by atoms with E-state index in [1.54, 1.807) is 12.1 Å². The summed E-state index contributed by atoms with van der Waals surface area (Å²) in [7, 11) is 0. The molecule has 2 aromatic carbocycles. The summed E-state index contributed by atoms with van der Waals surface area (Å²) in [5, 5.41) is 12.0. The van der Waals surface area contributed by atoms with Gasteiger partial charge in [-0.1, -0.05) is 19.1 Å². The summed E-state index contributed by atoms with van der Waals surface area (Å²) in [5.41, 5.74) is 1.31. The molecule has 0 bridgehead atoms. The normalized spacial score (nSPS) is 13.8. The van der Waals surface area contributed by atoms with E-state index in [1.165, 1.54) is 12.1 Å². The van der Waals surface area contributed by atoms with E-state index in [4.69, 9.17) is 14.6 Å². The van der Waals surface area contributed by atoms with Gasteiger partial charge in [0.1, 0.15) is 13.2 Å². The highest BCUT2D eigenvalue weighted by molar-refractivity contribution is 5.97. The number of nitrogens with one attached hydrogen (secondary N) is 1. The van der Waals surface area contributed by atoms with Gasteiger partial charge >= 0.3 is 5.97 Å². The minimum Gasteiger partial charge on any atom is -0.486 e. The number of carboxylic acids is 1. The number of benzene rings is 2. The van der Waals surface area contributed by atoms with Crippen molar-refractivity contribution in [1.29, 1.82) is 0 Å². The van der Waals surface area contributed by atoms with E-state index in [0.717, 1.165) is 5.56 Å². The summed E-state index contributed by atoms with van der Waals surface area (Å²) >= 11 is 0. The van der Waals surface area contributed by atoms with Crippen LogP contribution in [0.15, 0.2) is 42.5 Å². The van der Waals surface area contributed by atoms with Crippen LogP contribution in [0.1, 0.15) is 45.7 Å². The smallest absolute Gasteiger partial charge is 0.335 e. The third-order valence-corrected chi connectivity index (χ3v) is 4.05. The van der Waals surface area contributed by atoms with E-state index in [9.17, 15) is 9.59 Å². The minimum atomic E-state index is -1.06. The fraction of sp³-hybridized carbons (Fsp3) is 0.263. The molecule has 3 rings (SSSR count). The lowest BCUT2D eigenvalue weighted by Crippen LogP contribution is -2.28. The summed E-state index contributed by atoms with van der Waals surface area (Å²) in [6.07, 6.45) is 0.685. The highest BCUT2D eigenvalue weighted by atomic mass is 16.6. The highest BCUT2D eigenvalue weighted by Gasteiger charge is 2.18. The summed E-state index contributed by atoms with van der Waals surface area (Å²) < 4.78 is 11.1. The van der Waals surface area contributed by atoms with Gasteiger partial charge in [-0.15, -0.1) is 0 Å². The second kappa shape index (κ2) is 7.25. The zero-order valence-corrected chi connectivity index (χ0v) is 13.8. The van der Waals surface area contributed by atoms with Crippen LogP contribution in [0, 0.1) is 0 Å². The van der Waals surface area contributed by atoms with Crippen LogP contribution >= 0.6 is 0 Å². The first kappa shape index (κ1) is 16.8. The molecule has 0 aromatic heterocycles. The molecule has 0 aliphatic carbocycles. The number of hydrogen-bond donors (Lipinski definition) is 2. The molecular weight excluding hydrogens is 322 g/mol. The largest absolute Gasteiger partial charge is 0.486 e. The van der Waals surface area contributed by atoms with Gasteiger partial charge in [0.25, 0.3) is 5.91 Å². The van der Waals surface area contributed by atoms with Crippen LogP contribution in [0.3, 0.4) is 0 Å². The molecule has 1 heterocycles. The molecule has 1 amide bonds. The predicted molar refractivity (Wildman–Crippen MR) is 91.3 cm³/mol. The Hall–Kier alpha value is -3.02. The fourth-order valence-electron chi connectivity index (χ4n) is 2.73. The first-order valence-corrected chi connectivity index (χ1v) is 8.12. The summed E-state index contributed by atoms with van der Waals surface area (Å²) in [6.45, 7) is 3.00. The van der Waals surface area contributed by atoms with Crippen molar-refractivity contribution in [2.45, 2.75) is 19.4 Å². The van der Waals surface area contributed by atoms with Crippen molar-refractivity contribution >= 4 is 11.9 Å². The average Bonchev–Trinajstić information content (AvgIpc) is 2.65. The Kier molecular flexibility index (Phi) is 4.88. The van der Waals surface area contributed by atoms with Gasteiger partial charge < -0.3 is 19.9 Å². The van der Waals surface area contributed by atoms with E-state index < -0.39 is 5.97 Å². The molecule has 0 saturated heterocycles. The number of carboxylic acid groups (broad SMARTS) is 1. The quantitative estimate of drug-likeness (QED) is 0.873. The van der Waals surface area contributed by atoms with Crippen molar-refractivity contribution in [3.63, 3.8) is 0 Å². The first-order valence-electron chi connectivity index (χ1n) is 8.12. The first-order chi connectivity index (χ1) is 12.1. The molecular formula is C19H19NO5. The summed E-state index contributed by atoms with van der Waals surface area (Å²) in [4.78, 5) is 23.5. The number of fused-ring (bicyclic) bond motifs is 1. The van der Waals surface area contributed by atoms with Crippen LogP contribution < -0.4 is 14.8 Å². The molecule has 0 radical (unpaired) electrons. The SMILES string of the molecule is CCC(NC(=O)c1cccc(C(=O)O)c1)c1ccc2c(c1)OCCO2. The molecule has 0 fully saturated rings. The number of carbonyl (C=O) groups is 2. The zero-order chi connectivity index (χ0) is 17.8. The lowest BCUT2D eigenvalue weighted by atomic mass is 10.0. The number of carbonyl (C=O) groups excluding carboxylic acids is 1. The highest BCUT2D eigenvalue weighted by Crippen LogP contribution is 2.33. The number of rotatable bonds is 5. The summed E-state index contributed by atoms with van der Waals surface area (Å²) in [5.74, 6) is -0.00645. The Morgan fingerprint density at radius 2 is 1.80 bits per heavy atom. The molecule has 1 atom stereocenters. The number of aromatic carboxylic acids is 1. The third-order valence-electron chi connectivity index (χ3n) is 4.05. The average molecular weight is 341 g/mol. The Labute approximate surface area is 145 Å². The second-order valence-electron chi connectivity index (χ2n) is 5.72. The Morgan fingerprint density at radius 3 is 2.52 bits per heavy atom. The molecule has 6 heteroatoms. The van der Waals surface area contributed by atoms with E-state index in [1.807, 2.05) is 25.1 Å². The molecule has 1 aliphatic heterocycles. The van der Waals surface area contributed by atoms with Crippen molar-refractivity contribution in [2.24, 2.45) is 0 Å². The van der Waals surface area contributed by atoms with Gasteiger partial charge in [0.05, 0.1) is 11.6 Å². The zero-order valence-electron chi connectivity index (χ0n) is 13.8. The van der Waals surface area contributed by atoms with E-state index in [0.29, 0.717) is 36.7 Å². The molecule has 0 saturated carbocycles. The Balaban J connectivity index is 1.79. The van der Waals surface area contributed by atoms with Crippen LogP contribution in [-0.2, 0) is 0 Å². The van der Waals surface area contributed by atoms with Crippen molar-refractivity contribution in [1.82, 2.24) is 5.32 Å². The fourth-order valence-corrected chi connectivity index (χ4v) is 2.73. The van der Waals surface area contributed by atoms with Crippen LogP contribution in [0.5, 0.6) is 11.5 Å². The second-order valence-corrected chi connectivity index (χ2v) is 5.72. The molecule has 130 valence electrons. The maximum atomic E-state index is 12.5. The Bertz CT molecular complexity index is 802. The maximum Gasteiger partial charge on any atom is 0.335 e. The molecule has 1 aliphatic rings. The van der Waals surface area contributed by atoms with Gasteiger partial charge in [0.2, 0.25) is 0 Å². The van der Waals surface area contributed by atoms with Crippen LogP contribution in [-0.4, -0.2) is 30.2 Å². The van der Waals surface area contributed by atoms with Crippen molar-refractivity contribution in [3.05, 3.63) is 59.2 Å². The van der Waals surface area contributed by atoms with Gasteiger partial charge in [-0.2, -0.15) is 0 Å². The van der Waals surface area contributed by atoms with Gasteiger partial charge in [-0.25, -0.2) is 4.79 Å². The lowest BCUT2D eigenvalue weighted by molar-refractivity contribution is 0.0697. The molecule has 2 aromatic rings. The van der Waals surface area contributed by atoms with Gasteiger partial charge in [0.15, 0.2) is 11.5 Å². The number of hydrogen-bond acceptors (Lipinski definition) is 4. The number of ether oxygens (including phenoxy) is 2. The predicted octanol–water partition coefficient (Wildman–Crippen LogP) is 3.04. The van der Waals surface area contributed by atoms with Crippen molar-refractivity contribution < 1.29 is 24.2 Å². The molecule has 0 spiro atoms. The van der Waals surface area contributed by atoms with E-state index in [-0.39, 0.29) is 17.5 Å². The van der Waals surface area contributed by atoms with E-state index >= 15 is 0 Å². The topological polar surface area (TPSA) is 84.9 Å². The number of amides is 1. The summed E-state index contributed by atoms with van der Waals surface area (Å²) in [6, 6.07) is 11.4. The van der Waals surface area contributed by atoms with Gasteiger partial charge in [-0.3, -0.25) is 4.79 Å². The third kappa shape index (κ3) is 3.74. The lowest BCUT2D eigenvalue weighted by Gasteiger charge is -2.22. The molecule has 2 N–H and O–H groups in total. The van der Waals surface area contributed by atoms with Gasteiger partial charge in [-0.05, 0) is 42.3 Å². The Morgan fingerprint density at radius 1 is 1.08 bits per heavy atom. The molecule has 1 unspecified atom stereocenters. The monoisotopic (exact) mass is 341 g/mol. The van der Waals surface area contributed by atoms with Crippen LogP contribution in [0.4, 0.5) is 0 Å². The molecule has 6 nitrogen and oxygen atoms in total. The van der Waals surface area contributed by atoms with Crippen molar-refractivity contribution in [3.8, 4) is 11.5 Å².